The molecule has 2 aliphatic heterocycles. The summed E-state index contributed by atoms with van der Waals surface area (Å²) in [5.41, 5.74) is 2.09. The second kappa shape index (κ2) is 8.12. The van der Waals surface area contributed by atoms with E-state index in [1.807, 2.05) is 11.0 Å². The van der Waals surface area contributed by atoms with Gasteiger partial charge in [-0.1, -0.05) is 18.2 Å². The van der Waals surface area contributed by atoms with Crippen LogP contribution < -0.4 is 5.32 Å². The molecule has 1 amide bonds. The molecule has 4 nitrogen and oxygen atoms in total. The molecular formula is C23H24FN3O. The first kappa shape index (κ1) is 18.6. The predicted octanol–water partition coefficient (Wildman–Crippen LogP) is 4.11. The molecule has 144 valence electrons. The number of halogens is 1. The molecule has 4 rings (SSSR count). The van der Waals surface area contributed by atoms with E-state index in [2.05, 4.69) is 11.4 Å². The normalized spacial score (nSPS) is 21.6. The zero-order valence-corrected chi connectivity index (χ0v) is 15.8. The second-order valence-corrected chi connectivity index (χ2v) is 7.71. The van der Waals surface area contributed by atoms with Gasteiger partial charge in [0, 0.05) is 18.6 Å². The summed E-state index contributed by atoms with van der Waals surface area (Å²) >= 11 is 0. The van der Waals surface area contributed by atoms with Crippen molar-refractivity contribution >= 4 is 5.91 Å². The van der Waals surface area contributed by atoms with Gasteiger partial charge in [-0.25, -0.2) is 4.39 Å². The largest absolute Gasteiger partial charge is 0.336 e. The van der Waals surface area contributed by atoms with Crippen molar-refractivity contribution in [3.63, 3.8) is 0 Å². The van der Waals surface area contributed by atoms with Gasteiger partial charge in [0.2, 0.25) is 0 Å². The van der Waals surface area contributed by atoms with Crippen LogP contribution in [0.2, 0.25) is 0 Å². The topological polar surface area (TPSA) is 56.1 Å². The van der Waals surface area contributed by atoms with Gasteiger partial charge in [-0.15, -0.1) is 0 Å². The molecule has 0 aliphatic carbocycles. The van der Waals surface area contributed by atoms with Gasteiger partial charge in [0.25, 0.3) is 5.91 Å². The van der Waals surface area contributed by atoms with E-state index in [4.69, 9.17) is 5.26 Å². The summed E-state index contributed by atoms with van der Waals surface area (Å²) < 4.78 is 14.8. The molecule has 0 saturated carbocycles. The minimum atomic E-state index is -0.505. The third-order valence-corrected chi connectivity index (χ3v) is 5.88. The number of amides is 1. The summed E-state index contributed by atoms with van der Waals surface area (Å²) in [7, 11) is 0. The average Bonchev–Trinajstić information content (AvgIpc) is 3.40. The van der Waals surface area contributed by atoms with Crippen molar-refractivity contribution in [1.29, 1.82) is 5.26 Å². The SMILES string of the molecule is N#Cc1cccc(-c2ccc(C(=O)N3CCC[C@H]3CC3CCCN3)c(F)c2)c1. The van der Waals surface area contributed by atoms with E-state index in [1.165, 1.54) is 12.5 Å². The maximum absolute atomic E-state index is 14.8. The van der Waals surface area contributed by atoms with Crippen LogP contribution in [0.4, 0.5) is 4.39 Å². The monoisotopic (exact) mass is 377 g/mol. The van der Waals surface area contributed by atoms with Gasteiger partial charge in [-0.3, -0.25) is 4.79 Å². The molecule has 2 aromatic rings. The van der Waals surface area contributed by atoms with Gasteiger partial charge >= 0.3 is 0 Å². The number of nitriles is 1. The Morgan fingerprint density at radius 2 is 2.04 bits per heavy atom. The highest BCUT2D eigenvalue weighted by atomic mass is 19.1. The lowest BCUT2D eigenvalue weighted by Crippen LogP contribution is -2.39. The Hall–Kier alpha value is -2.71. The van der Waals surface area contributed by atoms with Gasteiger partial charge < -0.3 is 10.2 Å². The minimum absolute atomic E-state index is 0.131. The third kappa shape index (κ3) is 3.79. The van der Waals surface area contributed by atoms with Crippen molar-refractivity contribution in [3.8, 4) is 17.2 Å². The molecule has 0 aromatic heterocycles. The Morgan fingerprint density at radius 1 is 1.18 bits per heavy atom. The highest BCUT2D eigenvalue weighted by Gasteiger charge is 2.33. The van der Waals surface area contributed by atoms with Crippen LogP contribution in [-0.4, -0.2) is 36.0 Å². The number of carbonyl (C=O) groups excluding carboxylic acids is 1. The van der Waals surface area contributed by atoms with Crippen molar-refractivity contribution in [2.45, 2.75) is 44.2 Å². The maximum Gasteiger partial charge on any atom is 0.257 e. The molecule has 0 spiro atoms. The van der Waals surface area contributed by atoms with Gasteiger partial charge in [0.15, 0.2) is 0 Å². The summed E-state index contributed by atoms with van der Waals surface area (Å²) in [4.78, 5) is 14.9. The zero-order valence-electron chi connectivity index (χ0n) is 15.8. The molecule has 0 bridgehead atoms. The van der Waals surface area contributed by atoms with E-state index in [0.29, 0.717) is 23.7 Å². The fraction of sp³-hybridized carbons (Fsp3) is 0.391. The van der Waals surface area contributed by atoms with E-state index in [9.17, 15) is 9.18 Å². The summed E-state index contributed by atoms with van der Waals surface area (Å²) in [5.74, 6) is -0.718. The van der Waals surface area contributed by atoms with Crippen molar-refractivity contribution in [3.05, 3.63) is 59.4 Å². The molecule has 28 heavy (non-hydrogen) atoms. The maximum atomic E-state index is 14.8. The first-order valence-corrected chi connectivity index (χ1v) is 10.00. The van der Waals surface area contributed by atoms with Gasteiger partial charge in [0.1, 0.15) is 5.82 Å². The Bertz CT molecular complexity index is 914. The Labute approximate surface area is 165 Å². The number of hydrogen-bond donors (Lipinski definition) is 1. The van der Waals surface area contributed by atoms with Crippen LogP contribution in [0, 0.1) is 17.1 Å². The van der Waals surface area contributed by atoms with E-state index < -0.39 is 5.82 Å². The number of benzene rings is 2. The Kier molecular flexibility index (Phi) is 5.40. The van der Waals surface area contributed by atoms with Crippen LogP contribution in [0.25, 0.3) is 11.1 Å². The number of carbonyl (C=O) groups is 1. The van der Waals surface area contributed by atoms with Gasteiger partial charge in [0.05, 0.1) is 17.2 Å². The quantitative estimate of drug-likeness (QED) is 0.872. The summed E-state index contributed by atoms with van der Waals surface area (Å²) in [6, 6.07) is 14.5. The lowest BCUT2D eigenvalue weighted by atomic mass is 10.0. The fourth-order valence-electron chi connectivity index (χ4n) is 4.43. The van der Waals surface area contributed by atoms with E-state index >= 15 is 0 Å². The summed E-state index contributed by atoms with van der Waals surface area (Å²) in [5, 5.41) is 12.5. The molecule has 0 radical (unpaired) electrons. The lowest BCUT2D eigenvalue weighted by Gasteiger charge is -2.27. The van der Waals surface area contributed by atoms with Crippen LogP contribution >= 0.6 is 0 Å². The van der Waals surface area contributed by atoms with Gasteiger partial charge in [-0.2, -0.15) is 5.26 Å². The first-order chi connectivity index (χ1) is 13.7. The molecule has 2 fully saturated rings. The van der Waals surface area contributed by atoms with Crippen LogP contribution in [0.3, 0.4) is 0 Å². The standard InChI is InChI=1S/C23H24FN3O/c24-22-13-18(17-5-1-4-16(12-17)15-25)8-9-21(22)23(28)27-11-3-7-20(27)14-19-6-2-10-26-19/h1,4-5,8-9,12-13,19-20,26H,2-3,6-7,10-11,14H2/t19?,20-/m0/s1. The van der Waals surface area contributed by atoms with Crippen molar-refractivity contribution in [2.24, 2.45) is 0 Å². The number of likely N-dealkylation sites (tertiary alicyclic amines) is 1. The molecular weight excluding hydrogens is 353 g/mol. The Balaban J connectivity index is 1.53. The van der Waals surface area contributed by atoms with Crippen LogP contribution in [0.1, 0.15) is 48.0 Å². The van der Waals surface area contributed by atoms with Crippen molar-refractivity contribution < 1.29 is 9.18 Å². The second-order valence-electron chi connectivity index (χ2n) is 7.71. The molecule has 2 aliphatic rings. The highest BCUT2D eigenvalue weighted by Crippen LogP contribution is 2.28. The Morgan fingerprint density at radius 3 is 2.79 bits per heavy atom. The average molecular weight is 377 g/mol. The first-order valence-electron chi connectivity index (χ1n) is 10.00. The number of nitrogens with one attached hydrogen (secondary N) is 1. The lowest BCUT2D eigenvalue weighted by molar-refractivity contribution is 0.0719. The molecule has 1 N–H and O–H groups in total. The molecule has 5 heteroatoms. The summed E-state index contributed by atoms with van der Waals surface area (Å²) in [6.07, 6.45) is 5.26. The summed E-state index contributed by atoms with van der Waals surface area (Å²) in [6.45, 7) is 1.75. The van der Waals surface area contributed by atoms with Crippen LogP contribution in [0.15, 0.2) is 42.5 Å². The number of nitrogens with zero attached hydrogens (tertiary/aromatic N) is 2. The highest BCUT2D eigenvalue weighted by molar-refractivity contribution is 5.95. The van der Waals surface area contributed by atoms with Crippen molar-refractivity contribution in [1.82, 2.24) is 10.2 Å². The predicted molar refractivity (Wildman–Crippen MR) is 106 cm³/mol. The fourth-order valence-corrected chi connectivity index (χ4v) is 4.43. The molecule has 2 saturated heterocycles. The molecule has 2 aromatic carbocycles. The third-order valence-electron chi connectivity index (χ3n) is 5.88. The molecule has 2 atom stereocenters. The molecule has 2 heterocycles. The van der Waals surface area contributed by atoms with E-state index in [-0.39, 0.29) is 17.5 Å². The molecule has 1 unspecified atom stereocenters. The van der Waals surface area contributed by atoms with E-state index in [0.717, 1.165) is 37.8 Å². The van der Waals surface area contributed by atoms with Gasteiger partial charge in [-0.05, 0) is 74.0 Å². The van der Waals surface area contributed by atoms with Crippen molar-refractivity contribution in [2.75, 3.05) is 13.1 Å². The van der Waals surface area contributed by atoms with E-state index in [1.54, 1.807) is 30.3 Å². The zero-order chi connectivity index (χ0) is 19.5. The number of rotatable bonds is 4. The van der Waals surface area contributed by atoms with Crippen LogP contribution in [0.5, 0.6) is 0 Å². The smallest absolute Gasteiger partial charge is 0.257 e. The minimum Gasteiger partial charge on any atom is -0.336 e. The number of hydrogen-bond acceptors (Lipinski definition) is 3. The van der Waals surface area contributed by atoms with Crippen LogP contribution in [-0.2, 0) is 0 Å².